The summed E-state index contributed by atoms with van der Waals surface area (Å²) in [5.41, 5.74) is 0. The fourth-order valence-electron chi connectivity index (χ4n) is 1.61. The zero-order valence-corrected chi connectivity index (χ0v) is 13.8. The summed E-state index contributed by atoms with van der Waals surface area (Å²) in [6, 6.07) is 12.2. The van der Waals surface area contributed by atoms with E-state index in [1.54, 1.807) is 18.9 Å². The van der Waals surface area contributed by atoms with Crippen LogP contribution in [0.2, 0.25) is 0 Å². The summed E-state index contributed by atoms with van der Waals surface area (Å²) in [4.78, 5) is 6.88. The van der Waals surface area contributed by atoms with Gasteiger partial charge in [0.25, 0.3) is 0 Å². The number of methoxy groups -OCH3 is 1. The Bertz CT molecular complexity index is 544. The highest BCUT2D eigenvalue weighted by atomic mass is 32.2. The van der Waals surface area contributed by atoms with Gasteiger partial charge in [-0.25, -0.2) is 4.98 Å². The van der Waals surface area contributed by atoms with Crippen molar-refractivity contribution in [2.24, 2.45) is 0 Å². The molecule has 2 nitrogen and oxygen atoms in total. The van der Waals surface area contributed by atoms with E-state index < -0.39 is 0 Å². The van der Waals surface area contributed by atoms with Gasteiger partial charge in [-0.1, -0.05) is 32.5 Å². The minimum atomic E-state index is 0.215. The predicted molar refractivity (Wildman–Crippen MR) is 87.0 cm³/mol. The number of rotatable bonds is 4. The van der Waals surface area contributed by atoms with Crippen LogP contribution in [0.25, 0.3) is 0 Å². The van der Waals surface area contributed by atoms with E-state index in [4.69, 9.17) is 4.74 Å². The van der Waals surface area contributed by atoms with E-state index in [9.17, 15) is 0 Å². The van der Waals surface area contributed by atoms with Gasteiger partial charge >= 0.3 is 0 Å². The third kappa shape index (κ3) is 4.76. The van der Waals surface area contributed by atoms with Crippen LogP contribution in [0.15, 0.2) is 57.4 Å². The molecule has 0 N–H and O–H groups in total. The third-order valence-electron chi connectivity index (χ3n) is 2.42. The molecule has 0 aliphatic rings. The van der Waals surface area contributed by atoms with E-state index in [0.29, 0.717) is 0 Å². The fraction of sp³-hybridized carbons (Fsp3) is 0.312. The Balaban J connectivity index is 2.02. The topological polar surface area (TPSA) is 22.1 Å². The number of aromatic nitrogens is 1. The molecular weight excluding hydrogens is 286 g/mol. The van der Waals surface area contributed by atoms with Gasteiger partial charge in [0, 0.05) is 20.7 Å². The standard InChI is InChI=1S/C16H19NOS2/c1-16(2,3)20-14-9-10-15(17-11-14)19-13-7-5-12(18-4)6-8-13/h5-11H,1-4H3. The zero-order valence-electron chi connectivity index (χ0n) is 12.2. The maximum Gasteiger partial charge on any atom is 0.118 e. The number of hydrogen-bond donors (Lipinski definition) is 0. The molecule has 0 saturated carbocycles. The van der Waals surface area contributed by atoms with Crippen LogP contribution in [0, 0.1) is 0 Å². The minimum absolute atomic E-state index is 0.215. The van der Waals surface area contributed by atoms with Crippen LogP contribution in [0.1, 0.15) is 20.8 Å². The lowest BCUT2D eigenvalue weighted by Crippen LogP contribution is -2.06. The van der Waals surface area contributed by atoms with Gasteiger partial charge in [0.15, 0.2) is 0 Å². The average molecular weight is 305 g/mol. The molecule has 1 aromatic carbocycles. The maximum absolute atomic E-state index is 5.15. The number of ether oxygens (including phenoxy) is 1. The summed E-state index contributed by atoms with van der Waals surface area (Å²) in [6.45, 7) is 6.62. The minimum Gasteiger partial charge on any atom is -0.497 e. The first-order valence-corrected chi connectivity index (χ1v) is 8.06. The predicted octanol–water partition coefficient (Wildman–Crippen LogP) is 5.13. The molecule has 1 heterocycles. The van der Waals surface area contributed by atoms with Crippen molar-refractivity contribution in [2.45, 2.75) is 40.3 Å². The summed E-state index contributed by atoms with van der Waals surface area (Å²) in [5, 5.41) is 1.01. The Morgan fingerprint density at radius 3 is 2.10 bits per heavy atom. The molecule has 0 aliphatic heterocycles. The van der Waals surface area contributed by atoms with E-state index in [-0.39, 0.29) is 4.75 Å². The largest absolute Gasteiger partial charge is 0.497 e. The van der Waals surface area contributed by atoms with Crippen molar-refractivity contribution in [3.05, 3.63) is 42.6 Å². The van der Waals surface area contributed by atoms with Crippen molar-refractivity contribution in [1.82, 2.24) is 4.98 Å². The second-order valence-electron chi connectivity index (χ2n) is 5.32. The normalized spacial score (nSPS) is 11.4. The number of hydrogen-bond acceptors (Lipinski definition) is 4. The molecule has 0 aliphatic carbocycles. The summed E-state index contributed by atoms with van der Waals surface area (Å²) in [7, 11) is 1.68. The molecule has 4 heteroatoms. The Hall–Kier alpha value is -1.13. The molecule has 2 rings (SSSR count). The van der Waals surface area contributed by atoms with Crippen LogP contribution in [0.5, 0.6) is 5.75 Å². The number of nitrogens with zero attached hydrogens (tertiary/aromatic N) is 1. The molecule has 0 bridgehead atoms. The fourth-order valence-corrected chi connectivity index (χ4v) is 3.31. The van der Waals surface area contributed by atoms with Gasteiger partial charge < -0.3 is 4.74 Å². The molecule has 0 saturated heterocycles. The number of benzene rings is 1. The van der Waals surface area contributed by atoms with Gasteiger partial charge in [0.05, 0.1) is 7.11 Å². The molecule has 1 aromatic heterocycles. The van der Waals surface area contributed by atoms with Gasteiger partial charge in [-0.2, -0.15) is 0 Å². The number of thioether (sulfide) groups is 1. The molecule has 0 amide bonds. The van der Waals surface area contributed by atoms with E-state index in [2.05, 4.69) is 37.9 Å². The molecule has 0 atom stereocenters. The lowest BCUT2D eigenvalue weighted by molar-refractivity contribution is 0.414. The Morgan fingerprint density at radius 1 is 0.950 bits per heavy atom. The lowest BCUT2D eigenvalue weighted by Gasteiger charge is -2.17. The van der Waals surface area contributed by atoms with Gasteiger partial charge in [0.1, 0.15) is 10.8 Å². The van der Waals surface area contributed by atoms with Crippen molar-refractivity contribution >= 4 is 23.5 Å². The molecule has 0 radical (unpaired) electrons. The lowest BCUT2D eigenvalue weighted by atomic mass is 10.3. The van der Waals surface area contributed by atoms with Crippen LogP contribution >= 0.6 is 23.5 Å². The van der Waals surface area contributed by atoms with Crippen molar-refractivity contribution in [2.75, 3.05) is 7.11 Å². The van der Waals surface area contributed by atoms with Crippen molar-refractivity contribution < 1.29 is 4.74 Å². The second-order valence-corrected chi connectivity index (χ2v) is 8.32. The third-order valence-corrected chi connectivity index (χ3v) is 4.46. The Morgan fingerprint density at radius 2 is 1.60 bits per heavy atom. The Kier molecular flexibility index (Phi) is 5.00. The smallest absolute Gasteiger partial charge is 0.118 e. The molecular formula is C16H19NOS2. The SMILES string of the molecule is COc1ccc(Sc2ccc(SC(C)(C)C)cn2)cc1. The second kappa shape index (κ2) is 6.55. The number of pyridine rings is 1. The maximum atomic E-state index is 5.15. The van der Waals surface area contributed by atoms with Gasteiger partial charge in [-0.05, 0) is 36.4 Å². The summed E-state index contributed by atoms with van der Waals surface area (Å²) < 4.78 is 5.37. The highest BCUT2D eigenvalue weighted by Crippen LogP contribution is 2.33. The first kappa shape index (κ1) is 15.3. The van der Waals surface area contributed by atoms with Crippen LogP contribution < -0.4 is 4.74 Å². The van der Waals surface area contributed by atoms with Crippen molar-refractivity contribution in [1.29, 1.82) is 0 Å². The highest BCUT2D eigenvalue weighted by molar-refractivity contribution is 8.00. The molecule has 106 valence electrons. The monoisotopic (exact) mass is 305 g/mol. The van der Waals surface area contributed by atoms with Crippen LogP contribution in [-0.4, -0.2) is 16.8 Å². The van der Waals surface area contributed by atoms with Crippen molar-refractivity contribution in [3.63, 3.8) is 0 Å². The first-order chi connectivity index (χ1) is 9.46. The molecule has 0 fully saturated rings. The van der Waals surface area contributed by atoms with Crippen LogP contribution in [0.3, 0.4) is 0 Å². The summed E-state index contributed by atoms with van der Waals surface area (Å²) in [5.74, 6) is 0.874. The highest BCUT2D eigenvalue weighted by Gasteiger charge is 2.12. The van der Waals surface area contributed by atoms with Crippen LogP contribution in [0.4, 0.5) is 0 Å². The van der Waals surface area contributed by atoms with Gasteiger partial charge in [0.2, 0.25) is 0 Å². The average Bonchev–Trinajstić information content (AvgIpc) is 2.40. The zero-order chi connectivity index (χ0) is 14.6. The van der Waals surface area contributed by atoms with E-state index in [1.165, 1.54) is 4.90 Å². The molecule has 2 aromatic rings. The van der Waals surface area contributed by atoms with Crippen molar-refractivity contribution in [3.8, 4) is 5.75 Å². The van der Waals surface area contributed by atoms with E-state index in [0.717, 1.165) is 15.7 Å². The van der Waals surface area contributed by atoms with Crippen LogP contribution in [-0.2, 0) is 0 Å². The molecule has 0 unspecified atom stereocenters. The summed E-state index contributed by atoms with van der Waals surface area (Å²) >= 11 is 3.49. The van der Waals surface area contributed by atoms with E-state index >= 15 is 0 Å². The van der Waals surface area contributed by atoms with Gasteiger partial charge in [-0.3, -0.25) is 0 Å². The Labute approximate surface area is 129 Å². The first-order valence-electron chi connectivity index (χ1n) is 6.43. The van der Waals surface area contributed by atoms with E-state index in [1.807, 2.05) is 42.2 Å². The molecule has 20 heavy (non-hydrogen) atoms. The molecule has 0 spiro atoms. The quantitative estimate of drug-likeness (QED) is 0.730. The summed E-state index contributed by atoms with van der Waals surface area (Å²) in [6.07, 6.45) is 1.95. The van der Waals surface area contributed by atoms with Gasteiger partial charge in [-0.15, -0.1) is 11.8 Å².